The molecule has 6 heteroatoms. The first-order valence-electron chi connectivity index (χ1n) is 6.68. The maximum atomic E-state index is 12.3. The van der Waals surface area contributed by atoms with Gasteiger partial charge in [0.15, 0.2) is 6.61 Å². The van der Waals surface area contributed by atoms with Crippen LogP contribution in [0, 0.1) is 6.92 Å². The van der Waals surface area contributed by atoms with Crippen LogP contribution in [-0.4, -0.2) is 37.1 Å². The van der Waals surface area contributed by atoms with Gasteiger partial charge < -0.3 is 9.47 Å². The van der Waals surface area contributed by atoms with Gasteiger partial charge >= 0.3 is 11.9 Å². The number of hydrogen-bond acceptors (Lipinski definition) is 5. The topological polar surface area (TPSA) is 72.9 Å². The first-order valence-corrected chi connectivity index (χ1v) is 6.68. The number of amides is 1. The number of nitrogens with zero attached hydrogens (tertiary/aromatic N) is 1. The lowest BCUT2D eigenvalue weighted by Crippen LogP contribution is -2.45. The molecule has 1 aromatic rings. The zero-order valence-corrected chi connectivity index (χ0v) is 12.0. The summed E-state index contributed by atoms with van der Waals surface area (Å²) in [5.74, 6) is -1.42. The Labute approximate surface area is 122 Å². The van der Waals surface area contributed by atoms with Crippen LogP contribution in [0.5, 0.6) is 0 Å². The first kappa shape index (κ1) is 15.0. The first-order chi connectivity index (χ1) is 9.99. The Hall–Kier alpha value is -2.37. The van der Waals surface area contributed by atoms with E-state index in [1.165, 1.54) is 11.8 Å². The number of carbonyl (C=O) groups is 3. The summed E-state index contributed by atoms with van der Waals surface area (Å²) >= 11 is 0. The van der Waals surface area contributed by atoms with Crippen LogP contribution in [0.25, 0.3) is 0 Å². The Morgan fingerprint density at radius 1 is 1.43 bits per heavy atom. The van der Waals surface area contributed by atoms with Gasteiger partial charge in [-0.1, -0.05) is 12.1 Å². The van der Waals surface area contributed by atoms with Gasteiger partial charge in [-0.3, -0.25) is 14.5 Å². The quantitative estimate of drug-likeness (QED) is 0.780. The van der Waals surface area contributed by atoms with Crippen LogP contribution in [0.4, 0.5) is 5.69 Å². The molecule has 0 radical (unpaired) electrons. The number of aryl methyl sites for hydroxylation is 1. The van der Waals surface area contributed by atoms with Gasteiger partial charge in [0.05, 0.1) is 6.61 Å². The number of carbonyl (C=O) groups excluding carboxylic acids is 3. The molecule has 1 atom stereocenters. The van der Waals surface area contributed by atoms with E-state index < -0.39 is 30.5 Å². The molecule has 112 valence electrons. The molecule has 1 amide bonds. The van der Waals surface area contributed by atoms with Crippen molar-refractivity contribution in [2.75, 3.05) is 18.1 Å². The smallest absolute Gasteiger partial charge is 0.329 e. The van der Waals surface area contributed by atoms with Crippen LogP contribution in [0.3, 0.4) is 0 Å². The highest BCUT2D eigenvalue weighted by Crippen LogP contribution is 2.24. The van der Waals surface area contributed by atoms with Gasteiger partial charge in [0.25, 0.3) is 5.91 Å². The minimum atomic E-state index is -0.671. The fourth-order valence-corrected chi connectivity index (χ4v) is 2.23. The average Bonchev–Trinajstić information content (AvgIpc) is 2.83. The molecule has 1 fully saturated rings. The van der Waals surface area contributed by atoms with Crippen molar-refractivity contribution >= 4 is 23.5 Å². The number of ether oxygens (including phenoxy) is 2. The highest BCUT2D eigenvalue weighted by atomic mass is 16.5. The molecule has 1 unspecified atom stereocenters. The summed E-state index contributed by atoms with van der Waals surface area (Å²) in [5.41, 5.74) is 1.56. The highest BCUT2D eigenvalue weighted by Gasteiger charge is 2.36. The lowest BCUT2D eigenvalue weighted by Gasteiger charge is -2.26. The Bertz CT molecular complexity index is 569. The van der Waals surface area contributed by atoms with E-state index in [-0.39, 0.29) is 6.61 Å². The SMILES string of the molecule is CC(=O)OCC(=O)N(c1cccc(C)c1)C1CCOC1=O. The monoisotopic (exact) mass is 291 g/mol. The summed E-state index contributed by atoms with van der Waals surface area (Å²) < 4.78 is 9.68. The summed E-state index contributed by atoms with van der Waals surface area (Å²) in [6.07, 6.45) is 0.429. The van der Waals surface area contributed by atoms with Crippen molar-refractivity contribution in [3.63, 3.8) is 0 Å². The predicted molar refractivity (Wildman–Crippen MR) is 74.7 cm³/mol. The third-order valence-electron chi connectivity index (χ3n) is 3.17. The van der Waals surface area contributed by atoms with Crippen LogP contribution >= 0.6 is 0 Å². The number of anilines is 1. The fourth-order valence-electron chi connectivity index (χ4n) is 2.23. The van der Waals surface area contributed by atoms with Crippen molar-refractivity contribution in [2.45, 2.75) is 26.3 Å². The number of hydrogen-bond donors (Lipinski definition) is 0. The fraction of sp³-hybridized carbons (Fsp3) is 0.400. The van der Waals surface area contributed by atoms with E-state index in [4.69, 9.17) is 9.47 Å². The van der Waals surface area contributed by atoms with E-state index in [2.05, 4.69) is 0 Å². The molecule has 1 heterocycles. The third-order valence-corrected chi connectivity index (χ3v) is 3.17. The van der Waals surface area contributed by atoms with E-state index in [1.807, 2.05) is 13.0 Å². The molecule has 0 N–H and O–H groups in total. The zero-order valence-electron chi connectivity index (χ0n) is 12.0. The second-order valence-electron chi connectivity index (χ2n) is 4.85. The highest BCUT2D eigenvalue weighted by molar-refractivity contribution is 6.01. The third kappa shape index (κ3) is 3.59. The molecule has 1 saturated heterocycles. The van der Waals surface area contributed by atoms with Crippen molar-refractivity contribution in [2.24, 2.45) is 0 Å². The molecular weight excluding hydrogens is 274 g/mol. The second kappa shape index (κ2) is 6.39. The normalized spacial score (nSPS) is 17.2. The lowest BCUT2D eigenvalue weighted by atomic mass is 10.1. The Kier molecular flexibility index (Phi) is 4.57. The number of benzene rings is 1. The Morgan fingerprint density at radius 3 is 2.76 bits per heavy atom. The molecule has 0 spiro atoms. The molecule has 6 nitrogen and oxygen atoms in total. The largest absolute Gasteiger partial charge is 0.464 e. The minimum absolute atomic E-state index is 0.284. The van der Waals surface area contributed by atoms with E-state index in [0.717, 1.165) is 5.56 Å². The molecular formula is C15H17NO5. The van der Waals surface area contributed by atoms with Crippen LogP contribution in [0.2, 0.25) is 0 Å². The van der Waals surface area contributed by atoms with E-state index in [0.29, 0.717) is 12.1 Å². The number of cyclic esters (lactones) is 1. The van der Waals surface area contributed by atoms with Crippen molar-refractivity contribution in [3.8, 4) is 0 Å². The summed E-state index contributed by atoms with van der Waals surface area (Å²) in [5, 5.41) is 0. The van der Waals surface area contributed by atoms with Gasteiger partial charge in [0.1, 0.15) is 6.04 Å². The average molecular weight is 291 g/mol. The molecule has 1 aliphatic heterocycles. The van der Waals surface area contributed by atoms with Gasteiger partial charge in [-0.05, 0) is 24.6 Å². The lowest BCUT2D eigenvalue weighted by molar-refractivity contribution is -0.146. The van der Waals surface area contributed by atoms with Crippen molar-refractivity contribution in [3.05, 3.63) is 29.8 Å². The van der Waals surface area contributed by atoms with Gasteiger partial charge in [-0.2, -0.15) is 0 Å². The van der Waals surface area contributed by atoms with E-state index in [9.17, 15) is 14.4 Å². The number of esters is 2. The molecule has 0 bridgehead atoms. The molecule has 1 aliphatic rings. The summed E-state index contributed by atoms with van der Waals surface area (Å²) in [7, 11) is 0. The van der Waals surface area contributed by atoms with Gasteiger partial charge in [-0.15, -0.1) is 0 Å². The van der Waals surface area contributed by atoms with Crippen molar-refractivity contribution in [1.82, 2.24) is 0 Å². The molecule has 0 aliphatic carbocycles. The number of rotatable bonds is 4. The maximum absolute atomic E-state index is 12.3. The van der Waals surface area contributed by atoms with Crippen LogP contribution in [0.1, 0.15) is 18.9 Å². The second-order valence-corrected chi connectivity index (χ2v) is 4.85. The van der Waals surface area contributed by atoms with Crippen molar-refractivity contribution < 1.29 is 23.9 Å². The molecule has 0 saturated carbocycles. The van der Waals surface area contributed by atoms with Crippen molar-refractivity contribution in [1.29, 1.82) is 0 Å². The maximum Gasteiger partial charge on any atom is 0.329 e. The molecule has 1 aromatic carbocycles. The van der Waals surface area contributed by atoms with Gasteiger partial charge in [0.2, 0.25) is 0 Å². The molecule has 21 heavy (non-hydrogen) atoms. The summed E-state index contributed by atoms with van der Waals surface area (Å²) in [6, 6.07) is 6.57. The Morgan fingerprint density at radius 2 is 2.19 bits per heavy atom. The predicted octanol–water partition coefficient (Wildman–Crippen LogP) is 1.21. The van der Waals surface area contributed by atoms with Crippen LogP contribution < -0.4 is 4.90 Å². The molecule has 2 rings (SSSR count). The van der Waals surface area contributed by atoms with Crippen LogP contribution in [0.15, 0.2) is 24.3 Å². The van der Waals surface area contributed by atoms with Gasteiger partial charge in [-0.25, -0.2) is 4.79 Å². The zero-order chi connectivity index (χ0) is 15.4. The Balaban J connectivity index is 2.27. The van der Waals surface area contributed by atoms with Gasteiger partial charge in [0, 0.05) is 19.0 Å². The molecule has 0 aromatic heterocycles. The standard InChI is InChI=1S/C15H17NO5/c1-10-4-3-5-12(8-10)16(13-6-7-20-15(13)19)14(18)9-21-11(2)17/h3-5,8,13H,6-7,9H2,1-2H3. The van der Waals surface area contributed by atoms with Crippen LogP contribution in [-0.2, 0) is 23.9 Å². The summed E-state index contributed by atoms with van der Waals surface area (Å²) in [6.45, 7) is 3.01. The minimum Gasteiger partial charge on any atom is -0.464 e. The van der Waals surface area contributed by atoms with E-state index in [1.54, 1.807) is 18.2 Å². The van der Waals surface area contributed by atoms with E-state index >= 15 is 0 Å². The summed E-state index contributed by atoms with van der Waals surface area (Å²) in [4.78, 5) is 36.3.